The van der Waals surface area contributed by atoms with Crippen molar-refractivity contribution in [1.82, 2.24) is 10.2 Å². The van der Waals surface area contributed by atoms with Crippen LogP contribution in [0.25, 0.3) is 0 Å². The Kier molecular flexibility index (Phi) is 5.32. The number of imide groups is 1. The Bertz CT molecular complexity index is 932. The van der Waals surface area contributed by atoms with Crippen molar-refractivity contribution >= 4 is 23.5 Å². The van der Waals surface area contributed by atoms with Gasteiger partial charge in [0.1, 0.15) is 17.9 Å². The first-order chi connectivity index (χ1) is 13.9. The molecule has 2 aromatic rings. The lowest BCUT2D eigenvalue weighted by Crippen LogP contribution is -3.13. The molecule has 1 heterocycles. The topological polar surface area (TPSA) is 53.9 Å². The minimum absolute atomic E-state index is 0.246. The highest BCUT2D eigenvalue weighted by Crippen LogP contribution is 2.33. The van der Waals surface area contributed by atoms with Crippen LogP contribution in [0.5, 0.6) is 0 Å². The highest BCUT2D eigenvalue weighted by atomic mass is 35.5. The van der Waals surface area contributed by atoms with Crippen molar-refractivity contribution < 1.29 is 18.9 Å². The smallest absolute Gasteiger partial charge is 0.319 e. The number of carbonyl (C=O) groups is 2. The molecule has 1 unspecified atom stereocenters. The fourth-order valence-electron chi connectivity index (χ4n) is 4.05. The fraction of sp³-hybridized carbons (Fsp3) is 0.364. The van der Waals surface area contributed by atoms with Gasteiger partial charge in [0.2, 0.25) is 0 Å². The van der Waals surface area contributed by atoms with Gasteiger partial charge >= 0.3 is 6.03 Å². The van der Waals surface area contributed by atoms with Crippen LogP contribution in [0.1, 0.15) is 37.3 Å². The van der Waals surface area contributed by atoms with Crippen molar-refractivity contribution in [2.75, 3.05) is 6.67 Å². The third-order valence-corrected chi connectivity index (χ3v) is 6.12. The molecule has 0 aromatic heterocycles. The molecule has 1 aliphatic carbocycles. The second-order valence-electron chi connectivity index (χ2n) is 7.83. The van der Waals surface area contributed by atoms with Gasteiger partial charge in [-0.1, -0.05) is 42.8 Å². The van der Waals surface area contributed by atoms with Crippen LogP contribution in [0.3, 0.4) is 0 Å². The maximum atomic E-state index is 13.4. The summed E-state index contributed by atoms with van der Waals surface area (Å²) in [5.74, 6) is -0.519. The minimum atomic E-state index is -1.09. The summed E-state index contributed by atoms with van der Waals surface area (Å²) in [4.78, 5) is 28.6. The van der Waals surface area contributed by atoms with Crippen LogP contribution in [0.4, 0.5) is 9.18 Å². The SMILES string of the molecule is CC[C@@]1(c2cccc(Cl)c2)NC(=O)N(C[NH+](Cc2ccc(F)cc2)C2CC2)C1=O. The van der Waals surface area contributed by atoms with Gasteiger partial charge in [-0.3, -0.25) is 4.79 Å². The molecule has 0 radical (unpaired) electrons. The van der Waals surface area contributed by atoms with E-state index >= 15 is 0 Å². The highest BCUT2D eigenvalue weighted by Gasteiger charge is 2.53. The predicted molar refractivity (Wildman–Crippen MR) is 108 cm³/mol. The maximum absolute atomic E-state index is 13.4. The number of urea groups is 1. The zero-order chi connectivity index (χ0) is 20.6. The molecular formula is C22H24ClFN3O2+. The van der Waals surface area contributed by atoms with Crippen LogP contribution in [0.15, 0.2) is 48.5 Å². The number of amides is 3. The van der Waals surface area contributed by atoms with Crippen LogP contribution in [0.2, 0.25) is 5.02 Å². The van der Waals surface area contributed by atoms with E-state index in [1.165, 1.54) is 17.0 Å². The van der Waals surface area contributed by atoms with Gasteiger partial charge in [0.15, 0.2) is 6.67 Å². The van der Waals surface area contributed by atoms with Gasteiger partial charge in [0.25, 0.3) is 5.91 Å². The van der Waals surface area contributed by atoms with Gasteiger partial charge in [-0.15, -0.1) is 0 Å². The molecule has 29 heavy (non-hydrogen) atoms. The lowest BCUT2D eigenvalue weighted by molar-refractivity contribution is -0.931. The van der Waals surface area contributed by atoms with E-state index in [9.17, 15) is 14.0 Å². The molecular weight excluding hydrogens is 393 g/mol. The zero-order valence-corrected chi connectivity index (χ0v) is 17.0. The summed E-state index contributed by atoms with van der Waals surface area (Å²) in [6, 6.07) is 13.5. The molecule has 3 amide bonds. The Labute approximate surface area is 174 Å². The van der Waals surface area contributed by atoms with Crippen molar-refractivity contribution in [3.8, 4) is 0 Å². The van der Waals surface area contributed by atoms with Crippen LogP contribution in [-0.4, -0.2) is 29.5 Å². The van der Waals surface area contributed by atoms with Gasteiger partial charge < -0.3 is 10.2 Å². The Morgan fingerprint density at radius 2 is 1.93 bits per heavy atom. The first kappa shape index (κ1) is 19.9. The third-order valence-electron chi connectivity index (χ3n) is 5.88. The first-order valence-corrected chi connectivity index (χ1v) is 10.3. The van der Waals surface area contributed by atoms with E-state index in [1.807, 2.05) is 13.0 Å². The summed E-state index contributed by atoms with van der Waals surface area (Å²) in [6.45, 7) is 2.81. The lowest BCUT2D eigenvalue weighted by Gasteiger charge is -2.27. The number of benzene rings is 2. The van der Waals surface area contributed by atoms with Crippen molar-refractivity contribution in [3.05, 3.63) is 70.5 Å². The molecule has 1 saturated heterocycles. The standard InChI is InChI=1S/C22H23ClFN3O2/c1-2-22(16-4-3-5-17(23)12-16)20(28)27(21(29)25-22)14-26(19-10-11-19)13-15-6-8-18(24)9-7-15/h3-9,12,19H,2,10-11,13-14H2,1H3,(H,25,29)/p+1/t22-/m0/s1. The number of rotatable bonds is 7. The normalized spacial score (nSPS) is 22.7. The van der Waals surface area contributed by atoms with Crippen LogP contribution in [-0.2, 0) is 16.9 Å². The van der Waals surface area contributed by atoms with E-state index in [2.05, 4.69) is 5.32 Å². The quantitative estimate of drug-likeness (QED) is 0.682. The van der Waals surface area contributed by atoms with Crippen molar-refractivity contribution in [2.24, 2.45) is 0 Å². The van der Waals surface area contributed by atoms with E-state index in [1.54, 1.807) is 30.3 Å². The summed E-state index contributed by atoms with van der Waals surface area (Å²) >= 11 is 6.13. The van der Waals surface area contributed by atoms with Crippen molar-refractivity contribution in [2.45, 2.75) is 44.3 Å². The lowest BCUT2D eigenvalue weighted by atomic mass is 9.87. The number of nitrogens with one attached hydrogen (secondary N) is 2. The van der Waals surface area contributed by atoms with Crippen LogP contribution >= 0.6 is 11.6 Å². The second kappa shape index (κ2) is 7.76. The predicted octanol–water partition coefficient (Wildman–Crippen LogP) is 2.84. The Morgan fingerprint density at radius 3 is 2.55 bits per heavy atom. The summed E-state index contributed by atoms with van der Waals surface area (Å²) in [5, 5.41) is 3.44. The number of carbonyl (C=O) groups excluding carboxylic acids is 2. The number of nitrogens with zero attached hydrogens (tertiary/aromatic N) is 1. The summed E-state index contributed by atoms with van der Waals surface area (Å²) < 4.78 is 13.2. The molecule has 2 aromatic carbocycles. The number of quaternary nitrogens is 1. The molecule has 0 spiro atoms. The Balaban J connectivity index is 1.56. The minimum Gasteiger partial charge on any atom is -0.319 e. The van der Waals surface area contributed by atoms with Crippen molar-refractivity contribution in [1.29, 1.82) is 0 Å². The average molecular weight is 417 g/mol. The van der Waals surface area contributed by atoms with Gasteiger partial charge in [0.05, 0.1) is 6.04 Å². The molecule has 7 heteroatoms. The second-order valence-corrected chi connectivity index (χ2v) is 8.26. The van der Waals surface area contributed by atoms with E-state index < -0.39 is 5.54 Å². The maximum Gasteiger partial charge on any atom is 0.329 e. The molecule has 152 valence electrons. The average Bonchev–Trinajstić information content (AvgIpc) is 3.52. The molecule has 4 rings (SSSR count). The summed E-state index contributed by atoms with van der Waals surface area (Å²) in [6.07, 6.45) is 2.56. The monoisotopic (exact) mass is 416 g/mol. The Hall–Kier alpha value is -2.44. The van der Waals surface area contributed by atoms with Crippen molar-refractivity contribution in [3.63, 3.8) is 0 Å². The van der Waals surface area contributed by atoms with Crippen LogP contribution < -0.4 is 10.2 Å². The molecule has 1 aliphatic heterocycles. The van der Waals surface area contributed by atoms with E-state index in [0.717, 1.165) is 23.3 Å². The van der Waals surface area contributed by atoms with Gasteiger partial charge in [0, 0.05) is 23.4 Å². The Morgan fingerprint density at radius 1 is 1.21 bits per heavy atom. The van der Waals surface area contributed by atoms with Crippen LogP contribution in [0, 0.1) is 5.82 Å². The molecule has 2 aliphatic rings. The highest BCUT2D eigenvalue weighted by molar-refractivity contribution is 6.30. The fourth-order valence-corrected chi connectivity index (χ4v) is 4.24. The van der Waals surface area contributed by atoms with E-state index in [4.69, 9.17) is 11.6 Å². The van der Waals surface area contributed by atoms with Gasteiger partial charge in [-0.05, 0) is 36.2 Å². The molecule has 2 fully saturated rings. The third kappa shape index (κ3) is 3.87. The molecule has 0 bridgehead atoms. The molecule has 5 nitrogen and oxygen atoms in total. The number of halogens is 2. The largest absolute Gasteiger partial charge is 0.329 e. The zero-order valence-electron chi connectivity index (χ0n) is 16.3. The first-order valence-electron chi connectivity index (χ1n) is 9.92. The summed E-state index contributed by atoms with van der Waals surface area (Å²) in [7, 11) is 0. The molecule has 2 atom stereocenters. The number of hydrogen-bond donors (Lipinski definition) is 2. The molecule has 1 saturated carbocycles. The van der Waals surface area contributed by atoms with E-state index in [0.29, 0.717) is 29.6 Å². The summed E-state index contributed by atoms with van der Waals surface area (Å²) in [5.41, 5.74) is 0.587. The van der Waals surface area contributed by atoms with Gasteiger partial charge in [-0.2, -0.15) is 0 Å². The van der Waals surface area contributed by atoms with Gasteiger partial charge in [-0.25, -0.2) is 14.1 Å². The van der Waals surface area contributed by atoms with E-state index in [-0.39, 0.29) is 24.4 Å². The molecule has 2 N–H and O–H groups in total. The number of hydrogen-bond acceptors (Lipinski definition) is 2.